The van der Waals surface area contributed by atoms with Gasteiger partial charge in [-0.15, -0.1) is 13.2 Å². The molecule has 2 atom stereocenters. The van der Waals surface area contributed by atoms with E-state index in [0.29, 0.717) is 0 Å². The molecule has 1 aromatic carbocycles. The van der Waals surface area contributed by atoms with E-state index in [2.05, 4.69) is 13.2 Å². The first kappa shape index (κ1) is 9.99. The number of methoxy groups -OCH3 is 1. The molecule has 1 aliphatic rings. The van der Waals surface area contributed by atoms with Gasteiger partial charge < -0.3 is 9.47 Å². The van der Waals surface area contributed by atoms with Crippen molar-refractivity contribution in [3.63, 3.8) is 0 Å². The average molecular weight is 202 g/mol. The number of ether oxygens (including phenoxy) is 2. The predicted molar refractivity (Wildman–Crippen MR) is 60.0 cm³/mol. The van der Waals surface area contributed by atoms with Crippen molar-refractivity contribution in [1.29, 1.82) is 0 Å². The standard InChI is InChI=1S/C13H14O2/c1-4-12-10-7-6-9(14-3)8-11(10)13(5-2)15-12/h4-8,12-13H,1-2H2,3H3. The van der Waals surface area contributed by atoms with Gasteiger partial charge >= 0.3 is 0 Å². The molecule has 1 heterocycles. The number of fused-ring (bicyclic) bond motifs is 1. The zero-order valence-corrected chi connectivity index (χ0v) is 8.77. The molecule has 0 fully saturated rings. The Labute approximate surface area is 89.8 Å². The summed E-state index contributed by atoms with van der Waals surface area (Å²) in [7, 11) is 1.66. The minimum atomic E-state index is -0.0573. The first-order chi connectivity index (χ1) is 7.30. The summed E-state index contributed by atoms with van der Waals surface area (Å²) in [6.45, 7) is 7.53. The van der Waals surface area contributed by atoms with E-state index >= 15 is 0 Å². The van der Waals surface area contributed by atoms with E-state index in [1.165, 1.54) is 0 Å². The summed E-state index contributed by atoms with van der Waals surface area (Å²) in [5, 5.41) is 0. The molecule has 0 aliphatic carbocycles. The smallest absolute Gasteiger partial charge is 0.119 e. The summed E-state index contributed by atoms with van der Waals surface area (Å²) in [6.07, 6.45) is 3.50. The van der Waals surface area contributed by atoms with Crippen molar-refractivity contribution in [3.8, 4) is 5.75 Å². The maximum Gasteiger partial charge on any atom is 0.119 e. The van der Waals surface area contributed by atoms with E-state index in [1.54, 1.807) is 19.3 Å². The number of hydrogen-bond donors (Lipinski definition) is 0. The van der Waals surface area contributed by atoms with E-state index in [4.69, 9.17) is 9.47 Å². The molecule has 0 amide bonds. The van der Waals surface area contributed by atoms with Crippen LogP contribution in [0.15, 0.2) is 43.5 Å². The Balaban J connectivity index is 2.48. The van der Waals surface area contributed by atoms with E-state index in [9.17, 15) is 0 Å². The molecule has 0 spiro atoms. The Hall–Kier alpha value is -1.54. The monoisotopic (exact) mass is 202 g/mol. The Morgan fingerprint density at radius 2 is 1.87 bits per heavy atom. The molecule has 1 aliphatic heterocycles. The van der Waals surface area contributed by atoms with Gasteiger partial charge in [0.1, 0.15) is 18.0 Å². The first-order valence-electron chi connectivity index (χ1n) is 4.88. The molecule has 0 radical (unpaired) electrons. The van der Waals surface area contributed by atoms with Crippen LogP contribution >= 0.6 is 0 Å². The van der Waals surface area contributed by atoms with Gasteiger partial charge in [-0.05, 0) is 23.3 Å². The molecule has 78 valence electrons. The summed E-state index contributed by atoms with van der Waals surface area (Å²) >= 11 is 0. The van der Waals surface area contributed by atoms with Gasteiger partial charge in [0, 0.05) is 0 Å². The quantitative estimate of drug-likeness (QED) is 0.701. The minimum Gasteiger partial charge on any atom is -0.497 e. The molecule has 2 nitrogen and oxygen atoms in total. The van der Waals surface area contributed by atoms with Crippen LogP contribution in [0, 0.1) is 0 Å². The van der Waals surface area contributed by atoms with E-state index < -0.39 is 0 Å². The summed E-state index contributed by atoms with van der Waals surface area (Å²) < 4.78 is 10.9. The fourth-order valence-electron chi connectivity index (χ4n) is 1.85. The van der Waals surface area contributed by atoms with E-state index in [0.717, 1.165) is 16.9 Å². The van der Waals surface area contributed by atoms with Gasteiger partial charge in [-0.3, -0.25) is 0 Å². The fourth-order valence-corrected chi connectivity index (χ4v) is 1.85. The van der Waals surface area contributed by atoms with E-state index in [1.807, 2.05) is 18.2 Å². The molecule has 0 N–H and O–H groups in total. The van der Waals surface area contributed by atoms with Crippen molar-refractivity contribution in [3.05, 3.63) is 54.6 Å². The molecule has 0 saturated carbocycles. The highest BCUT2D eigenvalue weighted by molar-refractivity contribution is 5.43. The zero-order valence-electron chi connectivity index (χ0n) is 8.77. The van der Waals surface area contributed by atoms with Crippen LogP contribution in [0.1, 0.15) is 23.3 Å². The highest BCUT2D eigenvalue weighted by atomic mass is 16.5. The van der Waals surface area contributed by atoms with Crippen molar-refractivity contribution in [2.24, 2.45) is 0 Å². The fraction of sp³-hybridized carbons (Fsp3) is 0.231. The van der Waals surface area contributed by atoms with Crippen molar-refractivity contribution in [1.82, 2.24) is 0 Å². The SMILES string of the molecule is C=CC1OC(C=C)c2cc(OC)ccc21. The number of hydrogen-bond acceptors (Lipinski definition) is 2. The molecule has 2 unspecified atom stereocenters. The minimum absolute atomic E-state index is 0.0334. The largest absolute Gasteiger partial charge is 0.497 e. The van der Waals surface area contributed by atoms with Gasteiger partial charge in [0.2, 0.25) is 0 Å². The lowest BCUT2D eigenvalue weighted by molar-refractivity contribution is 0.0678. The van der Waals surface area contributed by atoms with Crippen LogP contribution in [0.4, 0.5) is 0 Å². The molecule has 2 heteroatoms. The normalized spacial score (nSPS) is 23.3. The van der Waals surface area contributed by atoms with Gasteiger partial charge in [0.15, 0.2) is 0 Å². The van der Waals surface area contributed by atoms with Gasteiger partial charge in [-0.25, -0.2) is 0 Å². The summed E-state index contributed by atoms with van der Waals surface area (Å²) in [6, 6.07) is 5.94. The van der Waals surface area contributed by atoms with Crippen LogP contribution in [0.5, 0.6) is 5.75 Å². The molecule has 1 aromatic rings. The second-order valence-corrected chi connectivity index (χ2v) is 3.44. The molecular formula is C13H14O2. The second-order valence-electron chi connectivity index (χ2n) is 3.44. The van der Waals surface area contributed by atoms with Crippen molar-refractivity contribution < 1.29 is 9.47 Å². The van der Waals surface area contributed by atoms with Crippen molar-refractivity contribution in [2.45, 2.75) is 12.2 Å². The van der Waals surface area contributed by atoms with Crippen molar-refractivity contribution in [2.75, 3.05) is 7.11 Å². The zero-order chi connectivity index (χ0) is 10.8. The van der Waals surface area contributed by atoms with Crippen LogP contribution in [0.25, 0.3) is 0 Å². The van der Waals surface area contributed by atoms with Crippen molar-refractivity contribution >= 4 is 0 Å². The summed E-state index contributed by atoms with van der Waals surface area (Å²) in [4.78, 5) is 0. The Morgan fingerprint density at radius 3 is 2.47 bits per heavy atom. The van der Waals surface area contributed by atoms with Crippen LogP contribution in [-0.4, -0.2) is 7.11 Å². The Kier molecular flexibility index (Phi) is 2.60. The van der Waals surface area contributed by atoms with Crippen LogP contribution < -0.4 is 4.74 Å². The third-order valence-electron chi connectivity index (χ3n) is 2.63. The Morgan fingerprint density at radius 1 is 1.20 bits per heavy atom. The molecule has 15 heavy (non-hydrogen) atoms. The molecular weight excluding hydrogens is 188 g/mol. The van der Waals surface area contributed by atoms with Gasteiger partial charge in [-0.1, -0.05) is 18.2 Å². The third-order valence-corrected chi connectivity index (χ3v) is 2.63. The number of benzene rings is 1. The van der Waals surface area contributed by atoms with Crippen LogP contribution in [0.2, 0.25) is 0 Å². The molecule has 0 saturated heterocycles. The topological polar surface area (TPSA) is 18.5 Å². The van der Waals surface area contributed by atoms with Crippen LogP contribution in [0.3, 0.4) is 0 Å². The lowest BCUT2D eigenvalue weighted by atomic mass is 10.0. The predicted octanol–water partition coefficient (Wildman–Crippen LogP) is 3.18. The maximum atomic E-state index is 5.74. The molecule has 0 bridgehead atoms. The second kappa shape index (κ2) is 3.91. The lowest BCUT2D eigenvalue weighted by Gasteiger charge is -2.06. The Bertz CT molecular complexity index is 396. The highest BCUT2D eigenvalue weighted by Crippen LogP contribution is 2.41. The van der Waals surface area contributed by atoms with Gasteiger partial charge in [-0.2, -0.15) is 0 Å². The van der Waals surface area contributed by atoms with Gasteiger partial charge in [0.25, 0.3) is 0 Å². The highest BCUT2D eigenvalue weighted by Gasteiger charge is 2.28. The van der Waals surface area contributed by atoms with E-state index in [-0.39, 0.29) is 12.2 Å². The van der Waals surface area contributed by atoms with Gasteiger partial charge in [0.05, 0.1) is 7.11 Å². The molecule has 0 aromatic heterocycles. The average Bonchev–Trinajstić information content (AvgIpc) is 2.65. The van der Waals surface area contributed by atoms with Crippen LogP contribution in [-0.2, 0) is 4.74 Å². The maximum absolute atomic E-state index is 5.74. The summed E-state index contributed by atoms with van der Waals surface area (Å²) in [5.41, 5.74) is 2.27. The lowest BCUT2D eigenvalue weighted by Crippen LogP contribution is -1.91. The summed E-state index contributed by atoms with van der Waals surface area (Å²) in [5.74, 6) is 0.842. The first-order valence-corrected chi connectivity index (χ1v) is 4.88. The number of rotatable bonds is 3. The third kappa shape index (κ3) is 1.57. The molecule has 2 rings (SSSR count).